The number of para-hydroxylation sites is 1. The lowest BCUT2D eigenvalue weighted by Gasteiger charge is -2.55. The number of nitrogens with zero attached hydrogens (tertiary/aromatic N) is 1. The molecule has 1 atom stereocenters. The van der Waals surface area contributed by atoms with E-state index in [1.807, 2.05) is 7.05 Å². The van der Waals surface area contributed by atoms with Crippen LogP contribution < -0.4 is 10.2 Å². The van der Waals surface area contributed by atoms with Crippen LogP contribution in [-0.2, 0) is 5.54 Å². The molecule has 0 radical (unpaired) electrons. The Morgan fingerprint density at radius 3 is 2.59 bits per heavy atom. The minimum absolute atomic E-state index is 0.258. The molecule has 0 saturated carbocycles. The SMILES string of the molecule is CNc1ccc(Br)cc1N1c2ccccc2C12C1=C(CCC=C1)c1ccccc12. The Labute approximate surface area is 179 Å². The van der Waals surface area contributed by atoms with Gasteiger partial charge in [-0.15, -0.1) is 0 Å². The van der Waals surface area contributed by atoms with Crippen LogP contribution in [0.3, 0.4) is 0 Å². The van der Waals surface area contributed by atoms with E-state index in [0.29, 0.717) is 0 Å². The Morgan fingerprint density at radius 2 is 1.72 bits per heavy atom. The molecule has 0 amide bonds. The van der Waals surface area contributed by atoms with E-state index in [9.17, 15) is 0 Å². The third-order valence-corrected chi connectivity index (χ3v) is 7.04. The van der Waals surface area contributed by atoms with E-state index in [0.717, 1.165) is 23.0 Å². The summed E-state index contributed by atoms with van der Waals surface area (Å²) in [5.74, 6) is 0. The molecule has 6 rings (SSSR count). The van der Waals surface area contributed by atoms with Crippen molar-refractivity contribution in [2.24, 2.45) is 0 Å². The maximum absolute atomic E-state index is 3.70. The molecule has 2 aliphatic carbocycles. The number of benzene rings is 3. The van der Waals surface area contributed by atoms with Gasteiger partial charge < -0.3 is 10.2 Å². The summed E-state index contributed by atoms with van der Waals surface area (Å²) >= 11 is 3.70. The number of hydrogen-bond donors (Lipinski definition) is 1. The number of halogens is 1. The number of fused-ring (bicyclic) bond motifs is 6. The molecule has 2 nitrogen and oxygen atoms in total. The Morgan fingerprint density at radius 1 is 0.931 bits per heavy atom. The second-order valence-corrected chi connectivity index (χ2v) is 8.77. The monoisotopic (exact) mass is 440 g/mol. The van der Waals surface area contributed by atoms with Gasteiger partial charge in [0, 0.05) is 22.8 Å². The summed E-state index contributed by atoms with van der Waals surface area (Å²) in [5.41, 5.74) is 10.5. The van der Waals surface area contributed by atoms with Crippen molar-refractivity contribution in [3.63, 3.8) is 0 Å². The van der Waals surface area contributed by atoms with Crippen molar-refractivity contribution in [2.45, 2.75) is 18.4 Å². The van der Waals surface area contributed by atoms with Gasteiger partial charge in [0.25, 0.3) is 0 Å². The number of allylic oxidation sites excluding steroid dienone is 2. The molecular formula is C26H21BrN2. The number of nitrogens with one attached hydrogen (secondary N) is 1. The lowest BCUT2D eigenvalue weighted by Crippen LogP contribution is -2.53. The molecule has 1 aliphatic heterocycles. The van der Waals surface area contributed by atoms with Gasteiger partial charge in [-0.1, -0.05) is 70.5 Å². The van der Waals surface area contributed by atoms with Gasteiger partial charge in [-0.05, 0) is 59.4 Å². The van der Waals surface area contributed by atoms with Crippen LogP contribution in [0.5, 0.6) is 0 Å². The van der Waals surface area contributed by atoms with Crippen LogP contribution in [0.2, 0.25) is 0 Å². The predicted octanol–water partition coefficient (Wildman–Crippen LogP) is 7.00. The molecule has 1 heterocycles. The summed E-state index contributed by atoms with van der Waals surface area (Å²) in [5, 5.41) is 3.41. The standard InChI is InChI=1S/C26H21BrN2/c1-28-23-15-14-17(27)16-25(23)29-24-13-7-6-12-22(24)26(29)20-10-4-2-8-18(20)19-9-3-5-11-21(19)26/h2,4-8,10-16,28H,3,9H2,1H3. The zero-order valence-corrected chi connectivity index (χ0v) is 17.8. The first kappa shape index (κ1) is 17.1. The topological polar surface area (TPSA) is 15.3 Å². The molecule has 3 aliphatic rings. The smallest absolute Gasteiger partial charge is 0.124 e. The van der Waals surface area contributed by atoms with Crippen LogP contribution in [-0.4, -0.2) is 7.05 Å². The van der Waals surface area contributed by atoms with Crippen molar-refractivity contribution in [3.05, 3.63) is 106 Å². The molecule has 1 N–H and O–H groups in total. The fourth-order valence-corrected chi connectivity index (χ4v) is 5.80. The van der Waals surface area contributed by atoms with Crippen LogP contribution in [0.25, 0.3) is 5.57 Å². The zero-order valence-electron chi connectivity index (χ0n) is 16.2. The molecular weight excluding hydrogens is 420 g/mol. The van der Waals surface area contributed by atoms with Crippen molar-refractivity contribution in [3.8, 4) is 0 Å². The van der Waals surface area contributed by atoms with Crippen molar-refractivity contribution in [2.75, 3.05) is 17.3 Å². The molecule has 3 aromatic rings. The highest BCUT2D eigenvalue weighted by Gasteiger charge is 2.58. The maximum Gasteiger partial charge on any atom is 0.124 e. The maximum atomic E-state index is 3.70. The second-order valence-electron chi connectivity index (χ2n) is 7.85. The first-order chi connectivity index (χ1) is 14.3. The van der Waals surface area contributed by atoms with Crippen molar-refractivity contribution < 1.29 is 0 Å². The molecule has 0 aromatic heterocycles. The number of rotatable bonds is 2. The van der Waals surface area contributed by atoms with Gasteiger partial charge in [-0.25, -0.2) is 0 Å². The number of hydrogen-bond acceptors (Lipinski definition) is 2. The summed E-state index contributed by atoms with van der Waals surface area (Å²) in [6.45, 7) is 0. The average molecular weight is 441 g/mol. The van der Waals surface area contributed by atoms with E-state index in [1.165, 1.54) is 39.2 Å². The van der Waals surface area contributed by atoms with Crippen LogP contribution in [0.1, 0.15) is 29.5 Å². The minimum atomic E-state index is -0.258. The predicted molar refractivity (Wildman–Crippen MR) is 125 cm³/mol. The molecule has 1 spiro atoms. The van der Waals surface area contributed by atoms with E-state index < -0.39 is 0 Å². The molecule has 142 valence electrons. The molecule has 29 heavy (non-hydrogen) atoms. The van der Waals surface area contributed by atoms with Gasteiger partial charge in [-0.2, -0.15) is 0 Å². The summed E-state index contributed by atoms with van der Waals surface area (Å²) in [6.07, 6.45) is 6.94. The van der Waals surface area contributed by atoms with Gasteiger partial charge in [-0.3, -0.25) is 0 Å². The minimum Gasteiger partial charge on any atom is -0.386 e. The highest BCUT2D eigenvalue weighted by Crippen LogP contribution is 2.66. The van der Waals surface area contributed by atoms with Crippen LogP contribution in [0.4, 0.5) is 17.1 Å². The van der Waals surface area contributed by atoms with Crippen molar-refractivity contribution in [1.82, 2.24) is 0 Å². The zero-order chi connectivity index (χ0) is 19.6. The summed E-state index contributed by atoms with van der Waals surface area (Å²) in [4.78, 5) is 2.54. The third kappa shape index (κ3) is 2.06. The fraction of sp³-hybridized carbons (Fsp3) is 0.154. The van der Waals surface area contributed by atoms with Crippen molar-refractivity contribution in [1.29, 1.82) is 0 Å². The Hall–Kier alpha value is -2.78. The largest absolute Gasteiger partial charge is 0.386 e. The third-order valence-electron chi connectivity index (χ3n) is 6.54. The molecule has 3 heteroatoms. The van der Waals surface area contributed by atoms with Gasteiger partial charge in [0.1, 0.15) is 5.54 Å². The van der Waals surface area contributed by atoms with E-state index >= 15 is 0 Å². The van der Waals surface area contributed by atoms with Gasteiger partial charge in [0.2, 0.25) is 0 Å². The molecule has 0 fully saturated rings. The normalized spacial score (nSPS) is 21.0. The Bertz CT molecular complexity index is 1220. The second kappa shape index (κ2) is 6.11. The Balaban J connectivity index is 1.72. The molecule has 0 saturated heterocycles. The van der Waals surface area contributed by atoms with E-state index in [1.54, 1.807) is 0 Å². The van der Waals surface area contributed by atoms with Crippen LogP contribution in [0.15, 0.2) is 88.9 Å². The van der Waals surface area contributed by atoms with E-state index in [-0.39, 0.29) is 5.54 Å². The van der Waals surface area contributed by atoms with Gasteiger partial charge in [0.15, 0.2) is 0 Å². The van der Waals surface area contributed by atoms with Crippen molar-refractivity contribution >= 4 is 38.6 Å². The van der Waals surface area contributed by atoms with Gasteiger partial charge >= 0.3 is 0 Å². The molecule has 0 bridgehead atoms. The lowest BCUT2D eigenvalue weighted by atomic mass is 9.69. The van der Waals surface area contributed by atoms with Crippen LogP contribution in [0, 0.1) is 0 Å². The van der Waals surface area contributed by atoms with Gasteiger partial charge in [0.05, 0.1) is 11.4 Å². The fourth-order valence-electron chi connectivity index (χ4n) is 5.46. The van der Waals surface area contributed by atoms with E-state index in [2.05, 4.69) is 105 Å². The molecule has 3 aromatic carbocycles. The first-order valence-electron chi connectivity index (χ1n) is 10.1. The quantitative estimate of drug-likeness (QED) is 0.461. The van der Waals surface area contributed by atoms with E-state index in [4.69, 9.17) is 0 Å². The summed E-state index contributed by atoms with van der Waals surface area (Å²) in [7, 11) is 2.00. The lowest BCUT2D eigenvalue weighted by molar-refractivity contribution is 0.578. The average Bonchev–Trinajstić information content (AvgIpc) is 3.07. The highest BCUT2D eigenvalue weighted by molar-refractivity contribution is 9.10. The summed E-state index contributed by atoms with van der Waals surface area (Å²) in [6, 6.07) is 24.3. The first-order valence-corrected chi connectivity index (χ1v) is 10.9. The summed E-state index contributed by atoms with van der Waals surface area (Å²) < 4.78 is 1.09. The number of anilines is 3. The Kier molecular flexibility index (Phi) is 3.60. The molecule has 1 unspecified atom stereocenters. The highest BCUT2D eigenvalue weighted by atomic mass is 79.9. The van der Waals surface area contributed by atoms with Crippen LogP contribution >= 0.6 is 15.9 Å².